The highest BCUT2D eigenvalue weighted by Gasteiger charge is 2.46. The van der Waals surface area contributed by atoms with Gasteiger partial charge in [-0.2, -0.15) is 0 Å². The maximum absolute atomic E-state index is 14.2. The number of hydrogen-bond donors (Lipinski definition) is 1. The van der Waals surface area contributed by atoms with Crippen molar-refractivity contribution in [3.8, 4) is 0 Å². The summed E-state index contributed by atoms with van der Waals surface area (Å²) in [6.45, 7) is 8.72. The van der Waals surface area contributed by atoms with Crippen molar-refractivity contribution in [3.05, 3.63) is 77.0 Å². The molecule has 1 fully saturated rings. The summed E-state index contributed by atoms with van der Waals surface area (Å²) in [5, 5.41) is 11.4. The van der Waals surface area contributed by atoms with Gasteiger partial charge in [0.15, 0.2) is 5.76 Å². The van der Waals surface area contributed by atoms with E-state index in [9.17, 15) is 19.1 Å². The molecule has 1 atom stereocenters. The zero-order valence-corrected chi connectivity index (χ0v) is 19.7. The molecule has 1 amide bonds. The molecule has 0 radical (unpaired) electrons. The fourth-order valence-corrected chi connectivity index (χ4v) is 4.66. The second-order valence-corrected chi connectivity index (χ2v) is 8.40. The van der Waals surface area contributed by atoms with Crippen LogP contribution in [0.1, 0.15) is 43.3 Å². The standard InChI is InChI=1S/C26H29FN4O3/c1-4-29(5-2)13-9-15-31-23(18-10-8-11-19(27)16-18)21(25(33)26(31)34)24(32)22-17(3)28-20-12-6-7-14-30(20)22/h6-8,10-12,14,16,23,32H,4-5,9,13,15H2,1-3H3/b24-21+/t23-/m0/s1. The van der Waals surface area contributed by atoms with Gasteiger partial charge in [-0.1, -0.05) is 32.0 Å². The van der Waals surface area contributed by atoms with Crippen molar-refractivity contribution < 1.29 is 19.1 Å². The number of carbonyl (C=O) groups excluding carboxylic acids is 2. The molecule has 0 unspecified atom stereocenters. The van der Waals surface area contributed by atoms with Gasteiger partial charge in [0.1, 0.15) is 17.2 Å². The van der Waals surface area contributed by atoms with Gasteiger partial charge < -0.3 is 14.9 Å². The number of ketones is 1. The fourth-order valence-electron chi connectivity index (χ4n) is 4.66. The summed E-state index contributed by atoms with van der Waals surface area (Å²) in [5.74, 6) is -2.26. The van der Waals surface area contributed by atoms with E-state index in [1.807, 2.05) is 6.07 Å². The van der Waals surface area contributed by atoms with E-state index in [1.54, 1.807) is 41.8 Å². The normalized spacial score (nSPS) is 17.9. The minimum absolute atomic E-state index is 0.0489. The van der Waals surface area contributed by atoms with E-state index in [2.05, 4.69) is 23.7 Å². The number of aryl methyl sites for hydroxylation is 1. The lowest BCUT2D eigenvalue weighted by molar-refractivity contribution is -0.140. The molecule has 1 aliphatic heterocycles. The minimum atomic E-state index is -0.888. The molecule has 2 aromatic heterocycles. The number of amides is 1. The number of aliphatic hydroxyl groups excluding tert-OH is 1. The lowest BCUT2D eigenvalue weighted by Crippen LogP contribution is -2.33. The minimum Gasteiger partial charge on any atom is -0.505 e. The largest absolute Gasteiger partial charge is 0.505 e. The average molecular weight is 465 g/mol. The van der Waals surface area contributed by atoms with Crippen LogP contribution in [0.3, 0.4) is 0 Å². The smallest absolute Gasteiger partial charge is 0.295 e. The molecule has 1 saturated heterocycles. The van der Waals surface area contributed by atoms with Crippen LogP contribution in [0, 0.1) is 12.7 Å². The van der Waals surface area contributed by atoms with E-state index < -0.39 is 23.5 Å². The number of pyridine rings is 1. The molecule has 178 valence electrons. The first-order chi connectivity index (χ1) is 16.4. The predicted octanol–water partition coefficient (Wildman–Crippen LogP) is 3.94. The molecule has 0 aliphatic carbocycles. The van der Waals surface area contributed by atoms with Crippen molar-refractivity contribution in [2.75, 3.05) is 26.2 Å². The van der Waals surface area contributed by atoms with E-state index in [0.717, 1.165) is 19.6 Å². The first-order valence-corrected chi connectivity index (χ1v) is 11.6. The lowest BCUT2D eigenvalue weighted by atomic mass is 9.96. The second kappa shape index (κ2) is 9.77. The van der Waals surface area contributed by atoms with Crippen LogP contribution in [-0.4, -0.2) is 62.2 Å². The summed E-state index contributed by atoms with van der Waals surface area (Å²) < 4.78 is 15.9. The lowest BCUT2D eigenvalue weighted by Gasteiger charge is -2.26. The van der Waals surface area contributed by atoms with Gasteiger partial charge in [0.25, 0.3) is 11.7 Å². The highest BCUT2D eigenvalue weighted by atomic mass is 19.1. The van der Waals surface area contributed by atoms with E-state index in [-0.39, 0.29) is 11.3 Å². The van der Waals surface area contributed by atoms with Gasteiger partial charge >= 0.3 is 0 Å². The van der Waals surface area contributed by atoms with Gasteiger partial charge in [-0.3, -0.25) is 14.0 Å². The molecule has 0 spiro atoms. The maximum atomic E-state index is 14.2. The van der Waals surface area contributed by atoms with Crippen LogP contribution >= 0.6 is 0 Å². The van der Waals surface area contributed by atoms with Crippen LogP contribution in [-0.2, 0) is 9.59 Å². The van der Waals surface area contributed by atoms with Crippen molar-refractivity contribution >= 4 is 23.1 Å². The Morgan fingerprint density at radius 1 is 1.15 bits per heavy atom. The number of halogens is 1. The first kappa shape index (κ1) is 23.6. The number of nitrogens with zero attached hydrogens (tertiary/aromatic N) is 4. The Labute approximate surface area is 198 Å². The van der Waals surface area contributed by atoms with Crippen molar-refractivity contribution in [2.45, 2.75) is 33.2 Å². The molecule has 0 saturated carbocycles. The highest BCUT2D eigenvalue weighted by Crippen LogP contribution is 2.40. The molecule has 8 heteroatoms. The molecule has 1 N–H and O–H groups in total. The average Bonchev–Trinajstić information content (AvgIpc) is 3.29. The van der Waals surface area contributed by atoms with Crippen LogP contribution in [0.4, 0.5) is 4.39 Å². The number of carbonyl (C=O) groups is 2. The number of rotatable bonds is 8. The molecule has 3 heterocycles. The zero-order valence-electron chi connectivity index (χ0n) is 19.7. The Bertz CT molecular complexity index is 1260. The molecular weight excluding hydrogens is 435 g/mol. The summed E-state index contributed by atoms with van der Waals surface area (Å²) in [6.07, 6.45) is 2.39. The number of fused-ring (bicyclic) bond motifs is 1. The Balaban J connectivity index is 1.82. The van der Waals surface area contributed by atoms with Gasteiger partial charge in [-0.15, -0.1) is 0 Å². The molecule has 7 nitrogen and oxygen atoms in total. The van der Waals surface area contributed by atoms with E-state index in [0.29, 0.717) is 35.6 Å². The third kappa shape index (κ3) is 4.21. The predicted molar refractivity (Wildman–Crippen MR) is 128 cm³/mol. The Morgan fingerprint density at radius 2 is 1.91 bits per heavy atom. The molecule has 4 rings (SSSR count). The molecule has 3 aromatic rings. The quantitative estimate of drug-likeness (QED) is 0.310. The van der Waals surface area contributed by atoms with E-state index in [1.165, 1.54) is 17.0 Å². The van der Waals surface area contributed by atoms with Crippen LogP contribution < -0.4 is 0 Å². The molecule has 1 aromatic carbocycles. The summed E-state index contributed by atoms with van der Waals surface area (Å²) in [4.78, 5) is 34.5. The van der Waals surface area contributed by atoms with Gasteiger partial charge in [0, 0.05) is 12.7 Å². The van der Waals surface area contributed by atoms with Crippen LogP contribution in [0.15, 0.2) is 54.2 Å². The monoisotopic (exact) mass is 464 g/mol. The van der Waals surface area contributed by atoms with Gasteiger partial charge in [0.2, 0.25) is 0 Å². The van der Waals surface area contributed by atoms with Gasteiger partial charge in [0.05, 0.1) is 17.3 Å². The Morgan fingerprint density at radius 3 is 2.62 bits per heavy atom. The van der Waals surface area contributed by atoms with Crippen LogP contribution in [0.5, 0.6) is 0 Å². The second-order valence-electron chi connectivity index (χ2n) is 8.40. The van der Waals surface area contributed by atoms with Crippen molar-refractivity contribution in [3.63, 3.8) is 0 Å². The summed E-state index contributed by atoms with van der Waals surface area (Å²) in [6, 6.07) is 10.4. The third-order valence-electron chi connectivity index (χ3n) is 6.40. The molecular formula is C26H29FN4O3. The number of hydrogen-bond acceptors (Lipinski definition) is 5. The van der Waals surface area contributed by atoms with Crippen LogP contribution in [0.2, 0.25) is 0 Å². The van der Waals surface area contributed by atoms with E-state index >= 15 is 0 Å². The number of imidazole rings is 1. The SMILES string of the molecule is CCN(CC)CCCN1C(=O)C(=O)/C(=C(/O)c2c(C)nc3ccccn23)[C@@H]1c1cccc(F)c1. The van der Waals surface area contributed by atoms with E-state index in [4.69, 9.17) is 0 Å². The summed E-state index contributed by atoms with van der Waals surface area (Å²) in [7, 11) is 0. The third-order valence-corrected chi connectivity index (χ3v) is 6.40. The van der Waals surface area contributed by atoms with Crippen molar-refractivity contribution in [1.82, 2.24) is 19.2 Å². The number of aromatic nitrogens is 2. The summed E-state index contributed by atoms with van der Waals surface area (Å²) in [5.41, 5.74) is 1.87. The summed E-state index contributed by atoms with van der Waals surface area (Å²) >= 11 is 0. The molecule has 1 aliphatic rings. The van der Waals surface area contributed by atoms with Gasteiger partial charge in [-0.25, -0.2) is 9.37 Å². The Kier molecular flexibility index (Phi) is 6.79. The zero-order chi connectivity index (χ0) is 24.4. The maximum Gasteiger partial charge on any atom is 0.295 e. The highest BCUT2D eigenvalue weighted by molar-refractivity contribution is 6.46. The number of benzene rings is 1. The number of aliphatic hydroxyl groups is 1. The topological polar surface area (TPSA) is 78.2 Å². The number of likely N-dealkylation sites (tertiary alicyclic amines) is 1. The first-order valence-electron chi connectivity index (χ1n) is 11.6. The number of Topliss-reactive ketones (excluding diaryl/α,β-unsaturated/α-hetero) is 1. The van der Waals surface area contributed by atoms with Gasteiger partial charge in [-0.05, 0) is 62.8 Å². The van der Waals surface area contributed by atoms with Crippen molar-refractivity contribution in [2.24, 2.45) is 0 Å². The Hall–Kier alpha value is -3.52. The fraction of sp³-hybridized carbons (Fsp3) is 0.346. The van der Waals surface area contributed by atoms with Crippen LogP contribution in [0.25, 0.3) is 11.4 Å². The molecule has 34 heavy (non-hydrogen) atoms. The van der Waals surface area contributed by atoms with Crippen molar-refractivity contribution in [1.29, 1.82) is 0 Å². The molecule has 0 bridgehead atoms.